The number of nitrogens with zero attached hydrogens (tertiary/aromatic N) is 1. The van der Waals surface area contributed by atoms with Crippen LogP contribution in [0.4, 0.5) is 0 Å². The molecule has 1 aliphatic rings. The summed E-state index contributed by atoms with van der Waals surface area (Å²) in [5.41, 5.74) is 2.22. The molecule has 0 amide bonds. The molecule has 22 heavy (non-hydrogen) atoms. The molecule has 0 spiro atoms. The van der Waals surface area contributed by atoms with Crippen molar-refractivity contribution >= 4 is 17.3 Å². The number of carboxylic acid groups (broad SMARTS) is 1. The van der Waals surface area contributed by atoms with Crippen LogP contribution in [0.25, 0.3) is 10.4 Å². The Kier molecular flexibility index (Phi) is 4.75. The zero-order valence-electron chi connectivity index (χ0n) is 12.3. The van der Waals surface area contributed by atoms with Crippen molar-refractivity contribution < 1.29 is 14.6 Å². The Bertz CT molecular complexity index is 633. The fourth-order valence-corrected chi connectivity index (χ4v) is 3.48. The molecule has 1 aromatic heterocycles. The minimum atomic E-state index is -0.950. The van der Waals surface area contributed by atoms with Gasteiger partial charge < -0.3 is 9.84 Å². The number of carboxylic acids is 1. The van der Waals surface area contributed by atoms with Gasteiger partial charge in [0.2, 0.25) is 0 Å². The second-order valence-electron chi connectivity index (χ2n) is 5.47. The number of rotatable bonds is 6. The number of likely N-dealkylation sites (tertiary alicyclic amines) is 1. The molecule has 4 nitrogen and oxygen atoms in total. The lowest BCUT2D eigenvalue weighted by atomic mass is 10.1. The molecule has 0 bridgehead atoms. The van der Waals surface area contributed by atoms with E-state index in [9.17, 15) is 4.79 Å². The van der Waals surface area contributed by atoms with E-state index >= 15 is 0 Å². The average molecular weight is 317 g/mol. The molecular weight excluding hydrogens is 298 g/mol. The summed E-state index contributed by atoms with van der Waals surface area (Å²) < 4.78 is 5.46. The molecule has 1 aromatic carbocycles. The van der Waals surface area contributed by atoms with E-state index in [4.69, 9.17) is 9.84 Å². The first-order valence-electron chi connectivity index (χ1n) is 7.46. The second-order valence-corrected chi connectivity index (χ2v) is 6.41. The van der Waals surface area contributed by atoms with E-state index in [0.29, 0.717) is 5.75 Å². The third-order valence-corrected chi connectivity index (χ3v) is 4.73. The minimum absolute atomic E-state index is 0.300. The smallest absolute Gasteiger partial charge is 0.341 e. The molecule has 1 saturated heterocycles. The standard InChI is InChI=1S/C17H19NO3S/c19-17(20)12-21-15-6-5-13(16-4-3-9-22-16)10-14(15)11-18-7-1-2-8-18/h3-6,9-10H,1-2,7-8,11-12H2,(H,19,20). The number of benzene rings is 1. The molecule has 1 fully saturated rings. The van der Waals surface area contributed by atoms with Crippen LogP contribution in [0.2, 0.25) is 0 Å². The third-order valence-electron chi connectivity index (χ3n) is 3.81. The predicted octanol–water partition coefficient (Wildman–Crippen LogP) is 3.47. The number of ether oxygens (including phenoxy) is 1. The SMILES string of the molecule is O=C(O)COc1ccc(-c2cccs2)cc1CN1CCCC1. The van der Waals surface area contributed by atoms with Crippen LogP contribution in [0.5, 0.6) is 5.75 Å². The molecule has 0 atom stereocenters. The fraction of sp³-hybridized carbons (Fsp3) is 0.353. The normalized spacial score (nSPS) is 15.1. The maximum Gasteiger partial charge on any atom is 0.341 e. The van der Waals surface area contributed by atoms with Gasteiger partial charge in [0.05, 0.1) is 0 Å². The lowest BCUT2D eigenvalue weighted by Crippen LogP contribution is -2.19. The van der Waals surface area contributed by atoms with E-state index in [2.05, 4.69) is 22.4 Å². The van der Waals surface area contributed by atoms with Crippen molar-refractivity contribution in [3.63, 3.8) is 0 Å². The zero-order chi connectivity index (χ0) is 15.4. The molecule has 0 saturated carbocycles. The third kappa shape index (κ3) is 3.67. The Morgan fingerprint density at radius 1 is 1.27 bits per heavy atom. The highest BCUT2D eigenvalue weighted by molar-refractivity contribution is 7.13. The van der Waals surface area contributed by atoms with Crippen LogP contribution in [0, 0.1) is 0 Å². The summed E-state index contributed by atoms with van der Waals surface area (Å²) in [7, 11) is 0. The second kappa shape index (κ2) is 6.94. The molecule has 3 rings (SSSR count). The summed E-state index contributed by atoms with van der Waals surface area (Å²) in [4.78, 5) is 14.4. The van der Waals surface area contributed by atoms with Crippen molar-refractivity contribution in [1.82, 2.24) is 4.90 Å². The monoisotopic (exact) mass is 317 g/mol. The fourth-order valence-electron chi connectivity index (χ4n) is 2.76. The van der Waals surface area contributed by atoms with Gasteiger partial charge in [0, 0.05) is 17.0 Å². The van der Waals surface area contributed by atoms with E-state index in [1.54, 1.807) is 11.3 Å². The Balaban J connectivity index is 1.85. The number of carbonyl (C=O) groups is 1. The van der Waals surface area contributed by atoms with Crippen LogP contribution in [0.15, 0.2) is 35.7 Å². The molecule has 116 valence electrons. The van der Waals surface area contributed by atoms with Crippen molar-refractivity contribution in [2.75, 3.05) is 19.7 Å². The van der Waals surface area contributed by atoms with Crippen LogP contribution in [0.3, 0.4) is 0 Å². The topological polar surface area (TPSA) is 49.8 Å². The van der Waals surface area contributed by atoms with Crippen LogP contribution in [-0.4, -0.2) is 35.7 Å². The first kappa shape index (κ1) is 15.1. The minimum Gasteiger partial charge on any atom is -0.482 e. The number of hydrogen-bond donors (Lipinski definition) is 1. The van der Waals surface area contributed by atoms with Gasteiger partial charge in [-0.25, -0.2) is 4.79 Å². The van der Waals surface area contributed by atoms with E-state index in [0.717, 1.165) is 30.8 Å². The lowest BCUT2D eigenvalue weighted by molar-refractivity contribution is -0.139. The van der Waals surface area contributed by atoms with Crippen LogP contribution < -0.4 is 4.74 Å². The quantitative estimate of drug-likeness (QED) is 0.886. The number of aliphatic carboxylic acids is 1. The van der Waals surface area contributed by atoms with Gasteiger partial charge in [-0.15, -0.1) is 11.3 Å². The van der Waals surface area contributed by atoms with E-state index in [1.807, 2.05) is 18.2 Å². The van der Waals surface area contributed by atoms with Crippen LogP contribution in [-0.2, 0) is 11.3 Å². The van der Waals surface area contributed by atoms with E-state index in [-0.39, 0.29) is 6.61 Å². The van der Waals surface area contributed by atoms with E-state index < -0.39 is 5.97 Å². The van der Waals surface area contributed by atoms with Gasteiger partial charge in [-0.05, 0) is 61.1 Å². The largest absolute Gasteiger partial charge is 0.482 e. The highest BCUT2D eigenvalue weighted by Crippen LogP contribution is 2.31. The molecule has 0 radical (unpaired) electrons. The molecule has 0 unspecified atom stereocenters. The van der Waals surface area contributed by atoms with Gasteiger partial charge in [-0.3, -0.25) is 4.90 Å². The molecule has 5 heteroatoms. The molecule has 2 heterocycles. The van der Waals surface area contributed by atoms with Gasteiger partial charge in [-0.1, -0.05) is 6.07 Å². The van der Waals surface area contributed by atoms with Crippen molar-refractivity contribution in [2.45, 2.75) is 19.4 Å². The van der Waals surface area contributed by atoms with Gasteiger partial charge in [0.25, 0.3) is 0 Å². The summed E-state index contributed by atoms with van der Waals surface area (Å²) in [6.45, 7) is 2.71. The summed E-state index contributed by atoms with van der Waals surface area (Å²) in [6, 6.07) is 10.1. The maximum atomic E-state index is 10.7. The first-order valence-corrected chi connectivity index (χ1v) is 8.34. The van der Waals surface area contributed by atoms with Crippen LogP contribution in [0.1, 0.15) is 18.4 Å². The highest BCUT2D eigenvalue weighted by atomic mass is 32.1. The Labute approximate surface area is 134 Å². The summed E-state index contributed by atoms with van der Waals surface area (Å²) in [5.74, 6) is -0.274. The Morgan fingerprint density at radius 2 is 2.09 bits per heavy atom. The van der Waals surface area contributed by atoms with Crippen molar-refractivity contribution in [3.8, 4) is 16.2 Å². The van der Waals surface area contributed by atoms with Gasteiger partial charge in [-0.2, -0.15) is 0 Å². The highest BCUT2D eigenvalue weighted by Gasteiger charge is 2.16. The van der Waals surface area contributed by atoms with E-state index in [1.165, 1.54) is 17.7 Å². The Hall–Kier alpha value is -1.85. The number of thiophene rings is 1. The van der Waals surface area contributed by atoms with Crippen molar-refractivity contribution in [1.29, 1.82) is 0 Å². The van der Waals surface area contributed by atoms with Gasteiger partial charge in [0.1, 0.15) is 5.75 Å². The van der Waals surface area contributed by atoms with Crippen molar-refractivity contribution in [3.05, 3.63) is 41.3 Å². The summed E-state index contributed by atoms with van der Waals surface area (Å²) >= 11 is 1.70. The molecular formula is C17H19NO3S. The first-order chi connectivity index (χ1) is 10.7. The summed E-state index contributed by atoms with van der Waals surface area (Å²) in [6.07, 6.45) is 2.46. The lowest BCUT2D eigenvalue weighted by Gasteiger charge is -2.18. The zero-order valence-corrected chi connectivity index (χ0v) is 13.1. The Morgan fingerprint density at radius 3 is 2.77 bits per heavy atom. The molecule has 0 aliphatic carbocycles. The maximum absolute atomic E-state index is 10.7. The van der Waals surface area contributed by atoms with Gasteiger partial charge in [0.15, 0.2) is 6.61 Å². The summed E-state index contributed by atoms with van der Waals surface area (Å²) in [5, 5.41) is 10.9. The van der Waals surface area contributed by atoms with Gasteiger partial charge >= 0.3 is 5.97 Å². The van der Waals surface area contributed by atoms with Crippen molar-refractivity contribution in [2.24, 2.45) is 0 Å². The predicted molar refractivity (Wildman–Crippen MR) is 87.4 cm³/mol. The molecule has 1 N–H and O–H groups in total. The molecule has 1 aliphatic heterocycles. The molecule has 2 aromatic rings. The average Bonchev–Trinajstić information content (AvgIpc) is 3.19. The number of hydrogen-bond acceptors (Lipinski definition) is 4. The van der Waals surface area contributed by atoms with Crippen LogP contribution >= 0.6 is 11.3 Å².